The first-order valence-electron chi connectivity index (χ1n) is 6.03. The van der Waals surface area contributed by atoms with Gasteiger partial charge in [0.2, 0.25) is 0 Å². The molecule has 0 bridgehead atoms. The van der Waals surface area contributed by atoms with Gasteiger partial charge in [-0.25, -0.2) is 4.98 Å². The molecule has 8 heteroatoms. The van der Waals surface area contributed by atoms with Crippen LogP contribution in [0.15, 0.2) is 0 Å². The Morgan fingerprint density at radius 2 is 1.74 bits per heavy atom. The van der Waals surface area contributed by atoms with E-state index in [0.29, 0.717) is 15.7 Å². The van der Waals surface area contributed by atoms with Gasteiger partial charge in [0, 0.05) is 0 Å². The first-order chi connectivity index (χ1) is 8.65. The third kappa shape index (κ3) is 4.26. The van der Waals surface area contributed by atoms with Crippen LogP contribution in [0.1, 0.15) is 44.1 Å². The number of rotatable bonds is 6. The van der Waals surface area contributed by atoms with Crippen LogP contribution in [0.5, 0.6) is 0 Å². The summed E-state index contributed by atoms with van der Waals surface area (Å²) >= 11 is 1.09. The van der Waals surface area contributed by atoms with Crippen molar-refractivity contribution in [3.63, 3.8) is 0 Å². The highest BCUT2D eigenvalue weighted by Crippen LogP contribution is 2.62. The van der Waals surface area contributed by atoms with Crippen molar-refractivity contribution in [1.82, 2.24) is 4.98 Å². The average molecular weight is 308 g/mol. The molecule has 0 radical (unpaired) electrons. The van der Waals surface area contributed by atoms with Crippen LogP contribution in [0.3, 0.4) is 0 Å². The van der Waals surface area contributed by atoms with Crippen LogP contribution in [-0.2, 0) is 13.6 Å². The Morgan fingerprint density at radius 3 is 2.05 bits per heavy atom. The normalized spacial score (nSPS) is 14.3. The molecule has 0 saturated carbocycles. The minimum Gasteiger partial charge on any atom is -0.375 e. The lowest BCUT2D eigenvalue weighted by Crippen LogP contribution is -2.13. The zero-order valence-corrected chi connectivity index (χ0v) is 13.5. The second kappa shape index (κ2) is 6.33. The topological polar surface area (TPSA) is 94.7 Å². The zero-order chi connectivity index (χ0) is 14.8. The molecule has 1 aromatic heterocycles. The van der Waals surface area contributed by atoms with E-state index in [1.54, 1.807) is 34.6 Å². The maximum atomic E-state index is 12.7. The fourth-order valence-corrected chi connectivity index (χ4v) is 4.72. The molecule has 0 spiro atoms. The third-order valence-electron chi connectivity index (χ3n) is 2.10. The van der Waals surface area contributed by atoms with Gasteiger partial charge in [-0.1, -0.05) is 11.3 Å². The van der Waals surface area contributed by atoms with E-state index in [9.17, 15) is 9.67 Å². The van der Waals surface area contributed by atoms with Gasteiger partial charge in [-0.3, -0.25) is 4.57 Å². The second-order valence-corrected chi connectivity index (χ2v) is 7.78. The van der Waals surface area contributed by atoms with Crippen LogP contribution in [0.4, 0.5) is 5.13 Å². The fraction of sp³-hybridized carbons (Fsp3) is 0.727. The number of hydrogen-bond acceptors (Lipinski definition) is 7. The molecule has 0 aromatic carbocycles. The number of nitrogen functional groups attached to an aromatic ring is 1. The van der Waals surface area contributed by atoms with E-state index in [-0.39, 0.29) is 12.2 Å². The van der Waals surface area contributed by atoms with Crippen molar-refractivity contribution in [3.05, 3.63) is 10.6 Å². The highest BCUT2D eigenvalue weighted by molar-refractivity contribution is 7.54. The van der Waals surface area contributed by atoms with Crippen molar-refractivity contribution in [2.24, 2.45) is 0 Å². The predicted octanol–water partition coefficient (Wildman–Crippen LogP) is 3.07. The molecule has 0 saturated heterocycles. The first kappa shape index (κ1) is 16.6. The van der Waals surface area contributed by atoms with E-state index >= 15 is 0 Å². The number of nitrogens with zero attached hydrogens (tertiary/aromatic N) is 1. The van der Waals surface area contributed by atoms with Gasteiger partial charge in [-0.05, 0) is 34.6 Å². The number of aliphatic hydroxyl groups is 1. The van der Waals surface area contributed by atoms with Gasteiger partial charge >= 0.3 is 7.60 Å². The molecule has 1 rings (SSSR count). The number of aryl methyl sites for hydroxylation is 1. The molecule has 0 amide bonds. The number of anilines is 1. The summed E-state index contributed by atoms with van der Waals surface area (Å²) < 4.78 is 23.4. The van der Waals surface area contributed by atoms with Gasteiger partial charge in [0.05, 0.1) is 22.8 Å². The van der Waals surface area contributed by atoms with E-state index in [0.717, 1.165) is 11.3 Å². The standard InChI is InChI=1S/C11H21N2O4PS/c1-6(2)16-18(15,17-7(3)4)10(14)9-8(5)13-11(12)19-9/h6-7,10,14H,1-5H3,(H2,12,13). The summed E-state index contributed by atoms with van der Waals surface area (Å²) in [4.78, 5) is 4.43. The van der Waals surface area contributed by atoms with Crippen LogP contribution < -0.4 is 5.73 Å². The number of hydrogen-bond donors (Lipinski definition) is 2. The summed E-state index contributed by atoms with van der Waals surface area (Å²) in [5.74, 6) is -1.37. The molecule has 110 valence electrons. The molecular weight excluding hydrogens is 287 g/mol. The SMILES string of the molecule is Cc1nc(N)sc1C(O)P(=O)(OC(C)C)OC(C)C. The molecule has 3 N–H and O–H groups in total. The minimum atomic E-state index is -3.69. The van der Waals surface area contributed by atoms with E-state index in [4.69, 9.17) is 14.8 Å². The van der Waals surface area contributed by atoms with E-state index in [2.05, 4.69) is 4.98 Å². The molecule has 19 heavy (non-hydrogen) atoms. The summed E-state index contributed by atoms with van der Waals surface area (Å²) in [5, 5.41) is 10.6. The molecule has 0 aliphatic heterocycles. The van der Waals surface area contributed by atoms with Crippen LogP contribution in [0.25, 0.3) is 0 Å². The monoisotopic (exact) mass is 308 g/mol. The van der Waals surface area contributed by atoms with Gasteiger partial charge in [0.15, 0.2) is 11.0 Å². The first-order valence-corrected chi connectivity index (χ1v) is 8.46. The van der Waals surface area contributed by atoms with Crippen LogP contribution in [0, 0.1) is 6.92 Å². The second-order valence-electron chi connectivity index (χ2n) is 4.72. The Kier molecular flexibility index (Phi) is 5.53. The zero-order valence-electron chi connectivity index (χ0n) is 11.8. The summed E-state index contributed by atoms with van der Waals surface area (Å²) in [5.41, 5.74) is 6.12. The molecule has 1 atom stereocenters. The maximum absolute atomic E-state index is 12.7. The van der Waals surface area contributed by atoms with Crippen molar-refractivity contribution in [1.29, 1.82) is 0 Å². The predicted molar refractivity (Wildman–Crippen MR) is 76.3 cm³/mol. The Bertz CT molecular complexity index is 461. The molecule has 0 aliphatic carbocycles. The van der Waals surface area contributed by atoms with Crippen molar-refractivity contribution in [2.45, 2.75) is 52.7 Å². The van der Waals surface area contributed by atoms with Crippen LogP contribution >= 0.6 is 18.9 Å². The van der Waals surface area contributed by atoms with Crippen molar-refractivity contribution in [2.75, 3.05) is 5.73 Å². The number of aromatic nitrogens is 1. The number of aliphatic hydroxyl groups excluding tert-OH is 1. The highest BCUT2D eigenvalue weighted by atomic mass is 32.1. The largest absolute Gasteiger partial charge is 0.375 e. The lowest BCUT2D eigenvalue weighted by atomic mass is 10.4. The van der Waals surface area contributed by atoms with Crippen LogP contribution in [0.2, 0.25) is 0 Å². The number of thiazole rings is 1. The smallest absolute Gasteiger partial charge is 0.364 e. The average Bonchev–Trinajstić information content (AvgIpc) is 2.53. The summed E-state index contributed by atoms with van der Waals surface area (Å²) in [6.07, 6.45) is -0.658. The van der Waals surface area contributed by atoms with Crippen molar-refractivity contribution < 1.29 is 18.7 Å². The van der Waals surface area contributed by atoms with Crippen LogP contribution in [-0.4, -0.2) is 22.3 Å². The Balaban J connectivity index is 3.10. The molecule has 1 unspecified atom stereocenters. The van der Waals surface area contributed by atoms with Gasteiger partial charge in [-0.15, -0.1) is 0 Å². The van der Waals surface area contributed by atoms with Gasteiger partial charge in [-0.2, -0.15) is 0 Å². The molecular formula is C11H21N2O4PS. The van der Waals surface area contributed by atoms with Gasteiger partial charge in [0.25, 0.3) is 0 Å². The van der Waals surface area contributed by atoms with Crippen molar-refractivity contribution >= 4 is 24.1 Å². The molecule has 0 aliphatic rings. The lowest BCUT2D eigenvalue weighted by molar-refractivity contribution is 0.102. The fourth-order valence-electron chi connectivity index (χ4n) is 1.54. The Hall–Kier alpha value is -0.460. The van der Waals surface area contributed by atoms with Gasteiger partial charge < -0.3 is 19.9 Å². The highest BCUT2D eigenvalue weighted by Gasteiger charge is 2.40. The van der Waals surface area contributed by atoms with Crippen molar-refractivity contribution in [3.8, 4) is 0 Å². The van der Waals surface area contributed by atoms with E-state index < -0.39 is 13.4 Å². The number of nitrogens with two attached hydrogens (primary N) is 1. The summed E-state index contributed by atoms with van der Waals surface area (Å²) in [6.45, 7) is 8.63. The van der Waals surface area contributed by atoms with E-state index in [1.807, 2.05) is 0 Å². The van der Waals surface area contributed by atoms with Gasteiger partial charge in [0.1, 0.15) is 0 Å². The quantitative estimate of drug-likeness (QED) is 0.784. The Labute approximate surface area is 117 Å². The summed E-state index contributed by atoms with van der Waals surface area (Å²) in [7, 11) is -3.69. The molecule has 6 nitrogen and oxygen atoms in total. The lowest BCUT2D eigenvalue weighted by Gasteiger charge is -2.26. The minimum absolute atomic E-state index is 0.312. The maximum Gasteiger partial charge on any atom is 0.364 e. The molecule has 1 aromatic rings. The summed E-state index contributed by atoms with van der Waals surface area (Å²) in [6, 6.07) is 0. The molecule has 1 heterocycles. The third-order valence-corrected chi connectivity index (χ3v) is 5.60. The van der Waals surface area contributed by atoms with E-state index in [1.165, 1.54) is 0 Å². The Morgan fingerprint density at radius 1 is 1.26 bits per heavy atom. The molecule has 0 fully saturated rings.